The molecular formula is C12H8BrClN4OS. The molecule has 0 aliphatic heterocycles. The van der Waals surface area contributed by atoms with E-state index in [0.29, 0.717) is 31.1 Å². The number of aryl methyl sites for hydroxylation is 1. The number of benzene rings is 1. The van der Waals surface area contributed by atoms with Gasteiger partial charge in [-0.3, -0.25) is 9.36 Å². The molecule has 20 heavy (non-hydrogen) atoms. The van der Waals surface area contributed by atoms with Crippen molar-refractivity contribution < 1.29 is 0 Å². The van der Waals surface area contributed by atoms with E-state index in [-0.39, 0.29) is 5.56 Å². The SMILES string of the molecule is Cn1cnc2c(=O)n(-c3ccc(Cl)c(Br)c3)c(=S)[nH]c21. The number of rotatable bonds is 1. The van der Waals surface area contributed by atoms with Crippen LogP contribution in [-0.2, 0) is 7.05 Å². The Kier molecular flexibility index (Phi) is 3.27. The topological polar surface area (TPSA) is 55.6 Å². The number of H-pyrrole nitrogens is 1. The second kappa shape index (κ2) is 4.83. The first-order valence-electron chi connectivity index (χ1n) is 5.61. The molecule has 0 aliphatic carbocycles. The summed E-state index contributed by atoms with van der Waals surface area (Å²) >= 11 is 14.6. The van der Waals surface area contributed by atoms with E-state index in [0.717, 1.165) is 0 Å². The minimum absolute atomic E-state index is 0.265. The van der Waals surface area contributed by atoms with Crippen LogP contribution in [0.2, 0.25) is 5.02 Å². The Bertz CT molecular complexity index is 943. The molecule has 102 valence electrons. The lowest BCUT2D eigenvalue weighted by Gasteiger charge is -2.07. The first kappa shape index (κ1) is 13.5. The zero-order chi connectivity index (χ0) is 14.4. The van der Waals surface area contributed by atoms with Crippen molar-refractivity contribution in [2.75, 3.05) is 0 Å². The van der Waals surface area contributed by atoms with Crippen molar-refractivity contribution in [2.45, 2.75) is 0 Å². The van der Waals surface area contributed by atoms with Crippen LogP contribution in [0.15, 0.2) is 33.8 Å². The maximum atomic E-state index is 12.5. The lowest BCUT2D eigenvalue weighted by atomic mass is 10.3. The number of imidazole rings is 1. The number of aromatic nitrogens is 4. The van der Waals surface area contributed by atoms with Gasteiger partial charge in [0.05, 0.1) is 17.0 Å². The molecule has 3 aromatic rings. The summed E-state index contributed by atoms with van der Waals surface area (Å²) in [5.74, 6) is 0. The van der Waals surface area contributed by atoms with Gasteiger partial charge in [-0.1, -0.05) is 11.6 Å². The molecule has 0 spiro atoms. The molecular weight excluding hydrogens is 364 g/mol. The number of nitrogens with zero attached hydrogens (tertiary/aromatic N) is 3. The number of hydrogen-bond acceptors (Lipinski definition) is 3. The Morgan fingerprint density at radius 1 is 1.45 bits per heavy atom. The number of nitrogens with one attached hydrogen (secondary N) is 1. The molecule has 0 amide bonds. The average molecular weight is 372 g/mol. The molecule has 5 nitrogen and oxygen atoms in total. The molecule has 8 heteroatoms. The lowest BCUT2D eigenvalue weighted by molar-refractivity contribution is 0.897. The average Bonchev–Trinajstić information content (AvgIpc) is 2.76. The van der Waals surface area contributed by atoms with Gasteiger partial charge in [0.2, 0.25) is 0 Å². The largest absolute Gasteiger partial charge is 0.320 e. The van der Waals surface area contributed by atoms with Gasteiger partial charge >= 0.3 is 0 Å². The Balaban J connectivity index is 2.39. The van der Waals surface area contributed by atoms with E-state index in [1.54, 1.807) is 36.1 Å². The summed E-state index contributed by atoms with van der Waals surface area (Å²) in [6.07, 6.45) is 1.57. The Hall–Kier alpha value is -1.44. The predicted molar refractivity (Wildman–Crippen MR) is 84.2 cm³/mol. The van der Waals surface area contributed by atoms with Crippen LogP contribution in [0.4, 0.5) is 0 Å². The van der Waals surface area contributed by atoms with E-state index >= 15 is 0 Å². The molecule has 3 rings (SSSR count). The molecule has 2 aromatic heterocycles. The molecule has 0 saturated heterocycles. The Morgan fingerprint density at radius 3 is 2.90 bits per heavy atom. The fourth-order valence-corrected chi connectivity index (χ4v) is 2.72. The Labute approximate surface area is 132 Å². The van der Waals surface area contributed by atoms with Crippen LogP contribution >= 0.6 is 39.7 Å². The van der Waals surface area contributed by atoms with Gasteiger partial charge in [-0.2, -0.15) is 0 Å². The first-order valence-corrected chi connectivity index (χ1v) is 7.19. The minimum Gasteiger partial charge on any atom is -0.320 e. The van der Waals surface area contributed by atoms with Crippen LogP contribution in [0.1, 0.15) is 0 Å². The van der Waals surface area contributed by atoms with Crippen molar-refractivity contribution in [3.8, 4) is 5.69 Å². The molecule has 0 fully saturated rings. The van der Waals surface area contributed by atoms with Crippen LogP contribution in [0, 0.1) is 4.77 Å². The van der Waals surface area contributed by atoms with Gasteiger partial charge in [-0.25, -0.2) is 4.98 Å². The van der Waals surface area contributed by atoms with Crippen LogP contribution in [0.25, 0.3) is 16.9 Å². The molecule has 2 heterocycles. The normalized spacial score (nSPS) is 11.2. The van der Waals surface area contributed by atoms with E-state index in [9.17, 15) is 4.79 Å². The smallest absolute Gasteiger partial charge is 0.287 e. The molecule has 0 bridgehead atoms. The van der Waals surface area contributed by atoms with Crippen molar-refractivity contribution in [3.63, 3.8) is 0 Å². The highest BCUT2D eigenvalue weighted by Gasteiger charge is 2.11. The van der Waals surface area contributed by atoms with Crippen LogP contribution in [0.5, 0.6) is 0 Å². The van der Waals surface area contributed by atoms with E-state index in [1.165, 1.54) is 4.57 Å². The van der Waals surface area contributed by atoms with Gasteiger partial charge < -0.3 is 9.55 Å². The molecule has 0 unspecified atom stereocenters. The van der Waals surface area contributed by atoms with Gasteiger partial charge in [-0.15, -0.1) is 0 Å². The van der Waals surface area contributed by atoms with Crippen molar-refractivity contribution in [3.05, 3.63) is 49.1 Å². The van der Waals surface area contributed by atoms with Crippen molar-refractivity contribution in [1.29, 1.82) is 0 Å². The van der Waals surface area contributed by atoms with Crippen LogP contribution in [0.3, 0.4) is 0 Å². The molecule has 1 aromatic carbocycles. The zero-order valence-corrected chi connectivity index (χ0v) is 13.4. The fraction of sp³-hybridized carbons (Fsp3) is 0.0833. The van der Waals surface area contributed by atoms with Gasteiger partial charge in [0.15, 0.2) is 10.3 Å². The van der Waals surface area contributed by atoms with Crippen molar-refractivity contribution >= 4 is 50.9 Å². The highest BCUT2D eigenvalue weighted by molar-refractivity contribution is 9.10. The predicted octanol–water partition coefficient (Wildman–Crippen LogP) is 3.20. The highest BCUT2D eigenvalue weighted by atomic mass is 79.9. The lowest BCUT2D eigenvalue weighted by Crippen LogP contribution is -2.21. The molecule has 1 N–H and O–H groups in total. The third kappa shape index (κ3) is 2.02. The standard InChI is InChI=1S/C12H8BrClN4OS/c1-17-5-15-9-10(17)16-12(20)18(11(9)19)6-2-3-8(14)7(13)4-6/h2-5H,1H3,(H,16,20). The summed E-state index contributed by atoms with van der Waals surface area (Å²) in [6.45, 7) is 0. The molecule has 0 aliphatic rings. The van der Waals surface area contributed by atoms with Crippen LogP contribution < -0.4 is 5.56 Å². The molecule has 0 atom stereocenters. The third-order valence-electron chi connectivity index (χ3n) is 2.93. The van der Waals surface area contributed by atoms with E-state index < -0.39 is 0 Å². The molecule has 0 saturated carbocycles. The Morgan fingerprint density at radius 2 is 2.20 bits per heavy atom. The fourth-order valence-electron chi connectivity index (χ4n) is 1.95. The molecule has 0 radical (unpaired) electrons. The zero-order valence-electron chi connectivity index (χ0n) is 10.2. The van der Waals surface area contributed by atoms with E-state index in [2.05, 4.69) is 25.9 Å². The number of halogens is 2. The highest BCUT2D eigenvalue weighted by Crippen LogP contribution is 2.24. The summed E-state index contributed by atoms with van der Waals surface area (Å²) in [6, 6.07) is 5.17. The first-order chi connectivity index (χ1) is 9.49. The summed E-state index contributed by atoms with van der Waals surface area (Å²) in [7, 11) is 1.79. The van der Waals surface area contributed by atoms with Gasteiger partial charge in [0.1, 0.15) is 5.65 Å². The summed E-state index contributed by atoms with van der Waals surface area (Å²) < 4.78 is 4.11. The summed E-state index contributed by atoms with van der Waals surface area (Å²) in [5, 5.41) is 0.565. The maximum Gasteiger partial charge on any atom is 0.287 e. The third-order valence-corrected chi connectivity index (χ3v) is 4.43. The second-order valence-corrected chi connectivity index (χ2v) is 5.87. The quantitative estimate of drug-likeness (QED) is 0.668. The number of aromatic amines is 1. The maximum absolute atomic E-state index is 12.5. The van der Waals surface area contributed by atoms with Crippen molar-refractivity contribution in [1.82, 2.24) is 19.1 Å². The van der Waals surface area contributed by atoms with E-state index in [4.69, 9.17) is 23.8 Å². The number of fused-ring (bicyclic) bond motifs is 1. The van der Waals surface area contributed by atoms with Crippen molar-refractivity contribution in [2.24, 2.45) is 7.05 Å². The monoisotopic (exact) mass is 370 g/mol. The van der Waals surface area contributed by atoms with Gasteiger partial charge in [-0.05, 0) is 46.3 Å². The number of hydrogen-bond donors (Lipinski definition) is 1. The van der Waals surface area contributed by atoms with Gasteiger partial charge in [0.25, 0.3) is 5.56 Å². The van der Waals surface area contributed by atoms with E-state index in [1.807, 2.05) is 0 Å². The summed E-state index contributed by atoms with van der Waals surface area (Å²) in [5.41, 5.74) is 1.30. The van der Waals surface area contributed by atoms with Gasteiger partial charge in [0, 0.05) is 11.5 Å². The summed E-state index contributed by atoms with van der Waals surface area (Å²) in [4.78, 5) is 19.6. The second-order valence-electron chi connectivity index (χ2n) is 4.22. The van der Waals surface area contributed by atoms with Crippen LogP contribution in [-0.4, -0.2) is 19.1 Å². The minimum atomic E-state index is -0.265.